The Morgan fingerprint density at radius 3 is 2.40 bits per heavy atom. The van der Waals surface area contributed by atoms with Crippen molar-refractivity contribution in [3.05, 3.63) is 46.6 Å². The molecule has 0 spiro atoms. The van der Waals surface area contributed by atoms with E-state index in [1.807, 2.05) is 0 Å². The molecule has 1 amide bonds. The van der Waals surface area contributed by atoms with E-state index < -0.39 is 22.8 Å². The third-order valence-electron chi connectivity index (χ3n) is 2.53. The second-order valence-corrected chi connectivity index (χ2v) is 4.33. The number of hydrogen-bond donors (Lipinski definition) is 1. The summed E-state index contributed by atoms with van der Waals surface area (Å²) in [6.07, 6.45) is -4.68. The highest BCUT2D eigenvalue weighted by Gasteiger charge is 2.38. The molecule has 0 aliphatic heterocycles. The topological polar surface area (TPSA) is 46.9 Å². The molecule has 106 valence electrons. The highest BCUT2D eigenvalue weighted by atomic mass is 35.5. The van der Waals surface area contributed by atoms with Crippen LogP contribution in [0.2, 0.25) is 5.02 Å². The summed E-state index contributed by atoms with van der Waals surface area (Å²) in [5, 5.41) is 4.96. The Morgan fingerprint density at radius 1 is 1.30 bits per heavy atom. The summed E-state index contributed by atoms with van der Waals surface area (Å²) in [5.74, 6) is -0.767. The Bertz CT molecular complexity index is 637. The lowest BCUT2D eigenvalue weighted by Gasteiger charge is -2.06. The van der Waals surface area contributed by atoms with Gasteiger partial charge in [-0.3, -0.25) is 9.48 Å². The van der Waals surface area contributed by atoms with E-state index in [1.165, 1.54) is 19.2 Å². The van der Waals surface area contributed by atoms with E-state index in [0.717, 1.165) is 4.68 Å². The van der Waals surface area contributed by atoms with E-state index in [-0.39, 0.29) is 5.82 Å². The summed E-state index contributed by atoms with van der Waals surface area (Å²) in [6.45, 7) is 0. The average Bonchev–Trinajstić information content (AvgIpc) is 2.67. The fourth-order valence-corrected chi connectivity index (χ4v) is 1.90. The first-order chi connectivity index (χ1) is 9.30. The molecule has 0 aliphatic rings. The van der Waals surface area contributed by atoms with Crippen LogP contribution in [0.3, 0.4) is 0 Å². The van der Waals surface area contributed by atoms with Crippen molar-refractivity contribution < 1.29 is 18.0 Å². The monoisotopic (exact) mass is 303 g/mol. The molecule has 1 aromatic heterocycles. The van der Waals surface area contributed by atoms with E-state index in [0.29, 0.717) is 5.56 Å². The molecule has 0 bridgehead atoms. The third-order valence-corrected chi connectivity index (χ3v) is 2.88. The maximum atomic E-state index is 12.6. The van der Waals surface area contributed by atoms with Crippen LogP contribution in [0, 0.1) is 0 Å². The number of carbonyl (C=O) groups is 1. The molecule has 1 aromatic carbocycles. The van der Waals surface area contributed by atoms with Gasteiger partial charge in [0.05, 0.1) is 0 Å². The van der Waals surface area contributed by atoms with E-state index in [2.05, 4.69) is 10.4 Å². The Hall–Kier alpha value is -2.02. The van der Waals surface area contributed by atoms with Gasteiger partial charge in [0.25, 0.3) is 5.91 Å². The van der Waals surface area contributed by atoms with E-state index in [4.69, 9.17) is 11.6 Å². The zero-order valence-corrected chi connectivity index (χ0v) is 11.0. The summed E-state index contributed by atoms with van der Waals surface area (Å²) < 4.78 is 38.8. The Morgan fingerprint density at radius 2 is 1.90 bits per heavy atom. The van der Waals surface area contributed by atoms with E-state index >= 15 is 0 Å². The largest absolute Gasteiger partial charge is 0.436 e. The number of carbonyl (C=O) groups excluding carboxylic acids is 1. The number of amides is 1. The number of hydrogen-bond acceptors (Lipinski definition) is 2. The minimum atomic E-state index is -4.68. The number of rotatable bonds is 2. The molecule has 20 heavy (non-hydrogen) atoms. The molecule has 0 radical (unpaired) electrons. The van der Waals surface area contributed by atoms with Crippen molar-refractivity contribution in [3.8, 4) is 0 Å². The van der Waals surface area contributed by atoms with Crippen molar-refractivity contribution in [2.45, 2.75) is 6.18 Å². The first-order valence-corrected chi connectivity index (χ1v) is 5.84. The van der Waals surface area contributed by atoms with Crippen LogP contribution < -0.4 is 5.32 Å². The molecule has 0 saturated carbocycles. The summed E-state index contributed by atoms with van der Waals surface area (Å²) in [4.78, 5) is 11.9. The van der Waals surface area contributed by atoms with Crippen LogP contribution in [-0.4, -0.2) is 15.7 Å². The number of aromatic nitrogens is 2. The number of benzene rings is 1. The van der Waals surface area contributed by atoms with E-state index in [1.54, 1.807) is 18.2 Å². The van der Waals surface area contributed by atoms with Crippen molar-refractivity contribution in [3.63, 3.8) is 0 Å². The lowest BCUT2D eigenvalue weighted by molar-refractivity contribution is -0.141. The minimum absolute atomic E-state index is 0.201. The maximum absolute atomic E-state index is 12.6. The van der Waals surface area contributed by atoms with Crippen molar-refractivity contribution in [1.82, 2.24) is 9.78 Å². The van der Waals surface area contributed by atoms with Gasteiger partial charge in [0.2, 0.25) is 0 Å². The van der Waals surface area contributed by atoms with Crippen LogP contribution in [0.1, 0.15) is 16.1 Å². The van der Waals surface area contributed by atoms with Gasteiger partial charge in [-0.05, 0) is 12.1 Å². The standard InChI is InChI=1S/C12H9ClF3N3O/c1-19-10(8(13)9(18-19)12(14,15)16)17-11(20)7-5-3-2-4-6-7/h2-6H,1H3,(H,17,20). The molecule has 1 heterocycles. The van der Waals surface area contributed by atoms with Crippen LogP contribution >= 0.6 is 11.6 Å². The number of anilines is 1. The molecule has 4 nitrogen and oxygen atoms in total. The molecule has 0 fully saturated rings. The molecule has 1 N–H and O–H groups in total. The molecule has 0 atom stereocenters. The summed E-state index contributed by atoms with van der Waals surface area (Å²) in [7, 11) is 1.27. The van der Waals surface area contributed by atoms with Crippen molar-refractivity contribution in [2.24, 2.45) is 7.05 Å². The third kappa shape index (κ3) is 2.77. The molecule has 2 rings (SSSR count). The first kappa shape index (κ1) is 14.4. The van der Waals surface area contributed by atoms with Gasteiger partial charge in [-0.1, -0.05) is 29.8 Å². The average molecular weight is 304 g/mol. The zero-order chi connectivity index (χ0) is 14.9. The molecule has 2 aromatic rings. The summed E-state index contributed by atoms with van der Waals surface area (Å²) >= 11 is 5.63. The van der Waals surface area contributed by atoms with Gasteiger partial charge in [-0.25, -0.2) is 0 Å². The van der Waals surface area contributed by atoms with Gasteiger partial charge < -0.3 is 5.32 Å². The zero-order valence-electron chi connectivity index (χ0n) is 10.2. The number of aryl methyl sites for hydroxylation is 1. The van der Waals surface area contributed by atoms with Crippen LogP contribution in [0.5, 0.6) is 0 Å². The van der Waals surface area contributed by atoms with Gasteiger partial charge in [-0.15, -0.1) is 0 Å². The smallest absolute Gasteiger partial charge is 0.306 e. The summed E-state index contributed by atoms with van der Waals surface area (Å²) in [6, 6.07) is 8.06. The molecule has 8 heteroatoms. The molecule has 0 unspecified atom stereocenters. The lowest BCUT2D eigenvalue weighted by Crippen LogP contribution is -2.14. The van der Waals surface area contributed by atoms with Crippen LogP contribution in [0.4, 0.5) is 19.0 Å². The quantitative estimate of drug-likeness (QED) is 0.925. The lowest BCUT2D eigenvalue weighted by atomic mass is 10.2. The first-order valence-electron chi connectivity index (χ1n) is 5.47. The van der Waals surface area contributed by atoms with Crippen molar-refractivity contribution in [1.29, 1.82) is 0 Å². The fourth-order valence-electron chi connectivity index (χ4n) is 1.58. The molecule has 0 saturated heterocycles. The second kappa shape index (κ2) is 5.16. The number of alkyl halides is 3. The predicted octanol–water partition coefficient (Wildman–Crippen LogP) is 3.34. The van der Waals surface area contributed by atoms with Gasteiger partial charge in [0.15, 0.2) is 11.5 Å². The predicted molar refractivity (Wildman–Crippen MR) is 67.6 cm³/mol. The van der Waals surface area contributed by atoms with Crippen molar-refractivity contribution >= 4 is 23.3 Å². The molecular formula is C12H9ClF3N3O. The van der Waals surface area contributed by atoms with Crippen LogP contribution in [0.15, 0.2) is 30.3 Å². The normalized spacial score (nSPS) is 11.4. The highest BCUT2D eigenvalue weighted by molar-refractivity contribution is 6.34. The SMILES string of the molecule is Cn1nc(C(F)(F)F)c(Cl)c1NC(=O)c1ccccc1. The Balaban J connectivity index is 2.31. The number of nitrogens with one attached hydrogen (secondary N) is 1. The maximum Gasteiger partial charge on any atom is 0.436 e. The van der Waals surface area contributed by atoms with Crippen molar-refractivity contribution in [2.75, 3.05) is 5.32 Å². The minimum Gasteiger partial charge on any atom is -0.306 e. The highest BCUT2D eigenvalue weighted by Crippen LogP contribution is 2.37. The second-order valence-electron chi connectivity index (χ2n) is 3.95. The van der Waals surface area contributed by atoms with Gasteiger partial charge >= 0.3 is 6.18 Å². The van der Waals surface area contributed by atoms with E-state index in [9.17, 15) is 18.0 Å². The van der Waals surface area contributed by atoms with Gasteiger partial charge in [0.1, 0.15) is 5.02 Å². The molecular weight excluding hydrogens is 295 g/mol. The van der Waals surface area contributed by atoms with Crippen LogP contribution in [0.25, 0.3) is 0 Å². The number of halogens is 4. The fraction of sp³-hybridized carbons (Fsp3) is 0.167. The number of nitrogens with zero attached hydrogens (tertiary/aromatic N) is 2. The van der Waals surface area contributed by atoms with Crippen LogP contribution in [-0.2, 0) is 13.2 Å². The Kier molecular flexibility index (Phi) is 3.71. The van der Waals surface area contributed by atoms with Gasteiger partial charge in [-0.2, -0.15) is 18.3 Å². The van der Waals surface area contributed by atoms with Gasteiger partial charge in [0, 0.05) is 12.6 Å². The Labute approximate surface area is 117 Å². The summed E-state index contributed by atoms with van der Waals surface area (Å²) in [5.41, 5.74) is -0.927. The molecule has 0 aliphatic carbocycles.